The maximum absolute atomic E-state index is 12.5. The van der Waals surface area contributed by atoms with Crippen molar-refractivity contribution >= 4 is 33.5 Å². The Morgan fingerprint density at radius 1 is 1.10 bits per heavy atom. The van der Waals surface area contributed by atoms with Crippen LogP contribution in [0.5, 0.6) is 11.5 Å². The lowest BCUT2D eigenvalue weighted by Gasteiger charge is -2.26. The summed E-state index contributed by atoms with van der Waals surface area (Å²) in [5.74, 6) is 2.74. The molecule has 2 aliphatic heterocycles. The van der Waals surface area contributed by atoms with Gasteiger partial charge in [-0.2, -0.15) is 0 Å². The smallest absolute Gasteiger partial charge is 0.410 e. The second-order valence-corrected chi connectivity index (χ2v) is 13.0. The van der Waals surface area contributed by atoms with Crippen molar-refractivity contribution in [2.45, 2.75) is 77.5 Å². The lowest BCUT2D eigenvalue weighted by molar-refractivity contribution is 0.0252. The van der Waals surface area contributed by atoms with Crippen LogP contribution in [0, 0.1) is 0 Å². The number of likely N-dealkylation sites (tertiary alicyclic amines) is 1. The zero-order chi connectivity index (χ0) is 29.0. The molecule has 2 atom stereocenters. The molecule has 222 valence electrons. The fraction of sp³-hybridized carbons (Fsp3) is 0.562. The molecule has 8 nitrogen and oxygen atoms in total. The van der Waals surface area contributed by atoms with Crippen LogP contribution in [0.4, 0.5) is 4.79 Å². The number of ether oxygens (including phenoxy) is 3. The first-order chi connectivity index (χ1) is 19.7. The average molecular weight is 581 g/mol. The second-order valence-electron chi connectivity index (χ2n) is 12.1. The Labute approximate surface area is 247 Å². The van der Waals surface area contributed by atoms with Crippen molar-refractivity contribution in [3.05, 3.63) is 47.5 Å². The van der Waals surface area contributed by atoms with Crippen LogP contribution < -0.4 is 9.47 Å². The normalized spacial score (nSPS) is 19.8. The number of aromatic nitrogens is 1. The number of aryl methyl sites for hydroxylation is 1. The van der Waals surface area contributed by atoms with Crippen LogP contribution in [0.1, 0.15) is 65.5 Å². The zero-order valence-corrected chi connectivity index (χ0v) is 25.9. The number of hydrogen-bond donors (Lipinski definition) is 0. The first-order valence-electron chi connectivity index (χ1n) is 14.9. The summed E-state index contributed by atoms with van der Waals surface area (Å²) in [7, 11) is 2.13. The molecular formula is C32H44N4O4S. The van der Waals surface area contributed by atoms with Gasteiger partial charge in [0.1, 0.15) is 35.6 Å². The van der Waals surface area contributed by atoms with Crippen LogP contribution in [0.15, 0.2) is 46.8 Å². The van der Waals surface area contributed by atoms with Gasteiger partial charge in [0, 0.05) is 33.1 Å². The molecule has 3 aromatic rings. The third kappa shape index (κ3) is 7.36. The number of fused-ring (bicyclic) bond motifs is 1. The number of carbonyl (C=O) groups excluding carboxylic acids is 1. The molecule has 0 aliphatic carbocycles. The summed E-state index contributed by atoms with van der Waals surface area (Å²) in [6, 6.07) is 12.7. The standard InChI is InChI=1S/C32H44N4O4S/c1-6-8-23-22-36(30(33-23)28-21-29-27(34(28)5)15-20-41-29)18-19-38-24-10-12-26(13-11-24)39-25-9-7-16-35(17-14-25)31(37)40-32(2,3)4/h10-13,15,20-21,23,25H,6-9,14,16-19,22H2,1-5H3. The Kier molecular flexibility index (Phi) is 9.12. The van der Waals surface area contributed by atoms with Crippen molar-refractivity contribution < 1.29 is 19.0 Å². The van der Waals surface area contributed by atoms with E-state index >= 15 is 0 Å². The lowest BCUT2D eigenvalue weighted by Crippen LogP contribution is -2.37. The zero-order valence-electron chi connectivity index (χ0n) is 25.1. The van der Waals surface area contributed by atoms with Crippen molar-refractivity contribution in [2.75, 3.05) is 32.8 Å². The molecule has 1 amide bonds. The fourth-order valence-electron chi connectivity index (χ4n) is 5.59. The average Bonchev–Trinajstić information content (AvgIpc) is 3.57. The summed E-state index contributed by atoms with van der Waals surface area (Å²) in [4.78, 5) is 21.8. The third-order valence-electron chi connectivity index (χ3n) is 7.63. The van der Waals surface area contributed by atoms with Gasteiger partial charge >= 0.3 is 6.09 Å². The molecule has 1 fully saturated rings. The number of hydrogen-bond acceptors (Lipinski definition) is 7. The summed E-state index contributed by atoms with van der Waals surface area (Å²) in [5, 5.41) is 2.14. The minimum absolute atomic E-state index is 0.0749. The van der Waals surface area contributed by atoms with Crippen molar-refractivity contribution in [1.82, 2.24) is 14.4 Å². The van der Waals surface area contributed by atoms with Crippen LogP contribution in [0.2, 0.25) is 0 Å². The summed E-state index contributed by atoms with van der Waals surface area (Å²) in [6.45, 7) is 11.6. The summed E-state index contributed by atoms with van der Waals surface area (Å²) < 4.78 is 21.5. The van der Waals surface area contributed by atoms with Crippen molar-refractivity contribution in [3.8, 4) is 11.5 Å². The predicted molar refractivity (Wildman–Crippen MR) is 166 cm³/mol. The predicted octanol–water partition coefficient (Wildman–Crippen LogP) is 6.72. The molecule has 2 unspecified atom stereocenters. The van der Waals surface area contributed by atoms with E-state index in [1.54, 1.807) is 16.2 Å². The highest BCUT2D eigenvalue weighted by Crippen LogP contribution is 2.28. The molecule has 0 N–H and O–H groups in total. The van der Waals surface area contributed by atoms with E-state index in [-0.39, 0.29) is 12.2 Å². The minimum Gasteiger partial charge on any atom is -0.492 e. The molecule has 5 rings (SSSR count). The van der Waals surface area contributed by atoms with Crippen LogP contribution in [0.3, 0.4) is 0 Å². The Bertz CT molecular complexity index is 1340. The van der Waals surface area contributed by atoms with E-state index < -0.39 is 5.60 Å². The van der Waals surface area contributed by atoms with Crippen LogP contribution in [0.25, 0.3) is 10.2 Å². The molecule has 1 aromatic carbocycles. The Morgan fingerprint density at radius 2 is 1.88 bits per heavy atom. The van der Waals surface area contributed by atoms with Gasteiger partial charge in [-0.05, 0) is 81.8 Å². The molecule has 0 spiro atoms. The third-order valence-corrected chi connectivity index (χ3v) is 8.49. The molecule has 0 bridgehead atoms. The van der Waals surface area contributed by atoms with Crippen molar-refractivity contribution in [1.29, 1.82) is 0 Å². The van der Waals surface area contributed by atoms with Gasteiger partial charge in [-0.15, -0.1) is 11.3 Å². The number of amides is 1. The van der Waals surface area contributed by atoms with Crippen molar-refractivity contribution in [2.24, 2.45) is 12.0 Å². The Balaban J connectivity index is 1.12. The molecule has 9 heteroatoms. The van der Waals surface area contributed by atoms with Gasteiger partial charge < -0.3 is 28.6 Å². The van der Waals surface area contributed by atoms with Gasteiger partial charge in [-0.3, -0.25) is 4.99 Å². The molecular weight excluding hydrogens is 536 g/mol. The summed E-state index contributed by atoms with van der Waals surface area (Å²) in [6.07, 6.45) is 4.66. The molecule has 4 heterocycles. The fourth-order valence-corrected chi connectivity index (χ4v) is 6.44. The molecule has 41 heavy (non-hydrogen) atoms. The van der Waals surface area contributed by atoms with Gasteiger partial charge in [-0.25, -0.2) is 4.79 Å². The molecule has 2 aromatic heterocycles. The number of nitrogens with zero attached hydrogens (tertiary/aromatic N) is 4. The van der Waals surface area contributed by atoms with E-state index in [1.165, 1.54) is 15.9 Å². The topological polar surface area (TPSA) is 68.5 Å². The summed E-state index contributed by atoms with van der Waals surface area (Å²) in [5.41, 5.74) is 1.96. The first kappa shape index (κ1) is 29.3. The molecule has 1 saturated heterocycles. The lowest BCUT2D eigenvalue weighted by atomic mass is 10.1. The number of aliphatic imine (C=N–C) groups is 1. The summed E-state index contributed by atoms with van der Waals surface area (Å²) >= 11 is 1.77. The molecule has 0 radical (unpaired) electrons. The largest absolute Gasteiger partial charge is 0.492 e. The number of benzene rings is 1. The van der Waals surface area contributed by atoms with E-state index in [2.05, 4.69) is 41.0 Å². The van der Waals surface area contributed by atoms with Crippen LogP contribution in [-0.2, 0) is 11.8 Å². The highest BCUT2D eigenvalue weighted by molar-refractivity contribution is 7.17. The van der Waals surface area contributed by atoms with Crippen molar-refractivity contribution in [3.63, 3.8) is 0 Å². The Morgan fingerprint density at radius 3 is 2.61 bits per heavy atom. The maximum Gasteiger partial charge on any atom is 0.410 e. The number of carbonyl (C=O) groups is 1. The Hall–Kier alpha value is -3.20. The highest BCUT2D eigenvalue weighted by atomic mass is 32.1. The second kappa shape index (κ2) is 12.8. The van der Waals surface area contributed by atoms with Gasteiger partial charge in [0.15, 0.2) is 0 Å². The first-order valence-corrected chi connectivity index (χ1v) is 15.8. The van der Waals surface area contributed by atoms with E-state index in [9.17, 15) is 4.79 Å². The highest BCUT2D eigenvalue weighted by Gasteiger charge is 2.28. The van der Waals surface area contributed by atoms with Crippen LogP contribution >= 0.6 is 11.3 Å². The van der Waals surface area contributed by atoms with E-state index in [0.717, 1.165) is 62.5 Å². The SMILES string of the molecule is CCCC1CN(CCOc2ccc(OC3CCCN(C(=O)OC(C)(C)C)CC3)cc2)C(c2cc3sccc3n2C)=N1. The number of amidine groups is 1. The van der Waals surface area contributed by atoms with Crippen LogP contribution in [-0.4, -0.2) is 76.8 Å². The minimum atomic E-state index is -0.482. The van der Waals surface area contributed by atoms with Gasteiger partial charge in [0.05, 0.1) is 28.5 Å². The van der Waals surface area contributed by atoms with E-state index in [0.29, 0.717) is 25.7 Å². The maximum atomic E-state index is 12.5. The molecule has 2 aliphatic rings. The molecule has 0 saturated carbocycles. The quantitative estimate of drug-likeness (QED) is 0.281. The van der Waals surface area contributed by atoms with Gasteiger partial charge in [0.2, 0.25) is 0 Å². The monoisotopic (exact) mass is 580 g/mol. The van der Waals surface area contributed by atoms with E-state index in [4.69, 9.17) is 19.2 Å². The van der Waals surface area contributed by atoms with Gasteiger partial charge in [0.25, 0.3) is 0 Å². The number of thiophene rings is 1. The number of rotatable bonds is 9. The van der Waals surface area contributed by atoms with Gasteiger partial charge in [-0.1, -0.05) is 13.3 Å². The van der Waals surface area contributed by atoms with E-state index in [1.807, 2.05) is 45.0 Å².